The number of benzene rings is 1. The van der Waals surface area contributed by atoms with Crippen LogP contribution >= 0.6 is 0 Å². The van der Waals surface area contributed by atoms with Gasteiger partial charge in [0.05, 0.1) is 11.4 Å². The van der Waals surface area contributed by atoms with E-state index in [2.05, 4.69) is 15.5 Å². The Labute approximate surface area is 100 Å². The molecule has 2 aromatic rings. The number of carbonyl (C=O) groups excluding carboxylic acids is 1. The van der Waals surface area contributed by atoms with E-state index in [4.69, 9.17) is 0 Å². The second kappa shape index (κ2) is 4.82. The average Bonchev–Trinajstić information content (AvgIpc) is 2.72. The molecule has 1 heterocycles. The Hall–Kier alpha value is -2.10. The van der Waals surface area contributed by atoms with Crippen molar-refractivity contribution in [1.29, 1.82) is 0 Å². The molecule has 0 bridgehead atoms. The van der Waals surface area contributed by atoms with E-state index < -0.39 is 0 Å². The predicted octanol–water partition coefficient (Wildman–Crippen LogP) is 2.73. The van der Waals surface area contributed by atoms with E-state index in [0.717, 1.165) is 22.6 Å². The Bertz CT molecular complexity index is 517. The van der Waals surface area contributed by atoms with E-state index in [-0.39, 0.29) is 5.91 Å². The number of aryl methyl sites for hydroxylation is 1. The highest BCUT2D eigenvalue weighted by Gasteiger charge is 2.13. The molecule has 0 fully saturated rings. The van der Waals surface area contributed by atoms with Crippen molar-refractivity contribution in [2.45, 2.75) is 20.3 Å². The van der Waals surface area contributed by atoms with Gasteiger partial charge in [0, 0.05) is 12.0 Å². The van der Waals surface area contributed by atoms with Crippen molar-refractivity contribution >= 4 is 11.6 Å². The van der Waals surface area contributed by atoms with Crippen LogP contribution in [0.15, 0.2) is 30.3 Å². The first-order valence-corrected chi connectivity index (χ1v) is 5.62. The van der Waals surface area contributed by atoms with Gasteiger partial charge in [0.2, 0.25) is 5.91 Å². The second-order valence-corrected chi connectivity index (χ2v) is 3.84. The number of amides is 1. The number of H-pyrrole nitrogens is 1. The van der Waals surface area contributed by atoms with Crippen LogP contribution in [0.5, 0.6) is 0 Å². The number of anilines is 1. The molecule has 2 N–H and O–H groups in total. The lowest BCUT2D eigenvalue weighted by atomic mass is 10.1. The lowest BCUT2D eigenvalue weighted by Gasteiger charge is -2.05. The van der Waals surface area contributed by atoms with Gasteiger partial charge in [0.25, 0.3) is 0 Å². The number of rotatable bonds is 3. The summed E-state index contributed by atoms with van der Waals surface area (Å²) in [5.74, 6) is -0.00770. The van der Waals surface area contributed by atoms with Crippen LogP contribution < -0.4 is 5.32 Å². The van der Waals surface area contributed by atoms with E-state index >= 15 is 0 Å². The maximum absolute atomic E-state index is 11.5. The van der Waals surface area contributed by atoms with Gasteiger partial charge in [0.15, 0.2) is 0 Å². The summed E-state index contributed by atoms with van der Waals surface area (Å²) in [4.78, 5) is 11.5. The molecular weight excluding hydrogens is 214 g/mol. The van der Waals surface area contributed by atoms with E-state index in [1.54, 1.807) is 0 Å². The van der Waals surface area contributed by atoms with Crippen LogP contribution in [0, 0.1) is 6.92 Å². The highest BCUT2D eigenvalue weighted by atomic mass is 16.1. The number of carbonyl (C=O) groups is 1. The smallest absolute Gasteiger partial charge is 0.224 e. The van der Waals surface area contributed by atoms with E-state index in [0.29, 0.717) is 6.42 Å². The summed E-state index contributed by atoms with van der Waals surface area (Å²) in [5, 5.41) is 10.0. The van der Waals surface area contributed by atoms with Crippen molar-refractivity contribution in [2.75, 3.05) is 5.32 Å². The molecule has 4 nitrogen and oxygen atoms in total. The Morgan fingerprint density at radius 1 is 1.35 bits per heavy atom. The number of aromatic nitrogens is 2. The Morgan fingerprint density at radius 3 is 2.71 bits per heavy atom. The maximum atomic E-state index is 11.5. The number of nitrogens with zero attached hydrogens (tertiary/aromatic N) is 1. The molecule has 0 spiro atoms. The van der Waals surface area contributed by atoms with Crippen molar-refractivity contribution in [2.24, 2.45) is 0 Å². The van der Waals surface area contributed by atoms with E-state index in [1.165, 1.54) is 0 Å². The third-order valence-electron chi connectivity index (χ3n) is 2.58. The van der Waals surface area contributed by atoms with Gasteiger partial charge in [-0.3, -0.25) is 9.89 Å². The minimum Gasteiger partial charge on any atom is -0.323 e. The van der Waals surface area contributed by atoms with Gasteiger partial charge in [-0.05, 0) is 6.92 Å². The number of nitrogens with one attached hydrogen (secondary N) is 2. The summed E-state index contributed by atoms with van der Waals surface area (Å²) in [6, 6.07) is 9.79. The molecule has 0 radical (unpaired) electrons. The Kier molecular flexibility index (Phi) is 3.23. The molecule has 4 heteroatoms. The van der Waals surface area contributed by atoms with Gasteiger partial charge in [-0.25, -0.2) is 0 Å². The van der Waals surface area contributed by atoms with Gasteiger partial charge < -0.3 is 5.32 Å². The topological polar surface area (TPSA) is 57.8 Å². The summed E-state index contributed by atoms with van der Waals surface area (Å²) < 4.78 is 0. The van der Waals surface area contributed by atoms with Gasteiger partial charge in [0.1, 0.15) is 5.69 Å². The SMILES string of the molecule is CCC(=O)Nc1c(-c2ccccc2)n[nH]c1C. The molecule has 1 aromatic carbocycles. The highest BCUT2D eigenvalue weighted by Crippen LogP contribution is 2.28. The summed E-state index contributed by atoms with van der Waals surface area (Å²) in [5.41, 5.74) is 3.40. The van der Waals surface area contributed by atoms with E-state index in [9.17, 15) is 4.79 Å². The van der Waals surface area contributed by atoms with Crippen LogP contribution in [0.1, 0.15) is 19.0 Å². The lowest BCUT2D eigenvalue weighted by molar-refractivity contribution is -0.115. The zero-order valence-corrected chi connectivity index (χ0v) is 9.95. The van der Waals surface area contributed by atoms with E-state index in [1.807, 2.05) is 44.2 Å². The first-order valence-electron chi connectivity index (χ1n) is 5.62. The van der Waals surface area contributed by atoms with Crippen molar-refractivity contribution in [3.05, 3.63) is 36.0 Å². The van der Waals surface area contributed by atoms with Crippen LogP contribution in [0.25, 0.3) is 11.3 Å². The summed E-state index contributed by atoms with van der Waals surface area (Å²) in [6.45, 7) is 3.72. The molecule has 0 unspecified atom stereocenters. The fraction of sp³-hybridized carbons (Fsp3) is 0.231. The van der Waals surface area contributed by atoms with Gasteiger partial charge in [-0.2, -0.15) is 5.10 Å². The summed E-state index contributed by atoms with van der Waals surface area (Å²) in [7, 11) is 0. The molecule has 0 aliphatic heterocycles. The molecule has 0 saturated carbocycles. The molecule has 0 saturated heterocycles. The predicted molar refractivity (Wildman–Crippen MR) is 67.7 cm³/mol. The van der Waals surface area contributed by atoms with Gasteiger partial charge >= 0.3 is 0 Å². The van der Waals surface area contributed by atoms with Crippen molar-refractivity contribution < 1.29 is 4.79 Å². The standard InChI is InChI=1S/C13H15N3O/c1-3-11(17)14-12-9(2)15-16-13(12)10-7-5-4-6-8-10/h4-8H,3H2,1-2H3,(H,14,17)(H,15,16). The highest BCUT2D eigenvalue weighted by molar-refractivity contribution is 5.95. The monoisotopic (exact) mass is 229 g/mol. The normalized spacial score (nSPS) is 10.2. The van der Waals surface area contributed by atoms with Gasteiger partial charge in [-0.15, -0.1) is 0 Å². The quantitative estimate of drug-likeness (QED) is 0.850. The first kappa shape index (κ1) is 11.4. The van der Waals surface area contributed by atoms with Crippen molar-refractivity contribution in [1.82, 2.24) is 10.2 Å². The minimum atomic E-state index is -0.00770. The molecular formula is C13H15N3O. The Morgan fingerprint density at radius 2 is 2.06 bits per heavy atom. The maximum Gasteiger partial charge on any atom is 0.224 e. The molecule has 1 aromatic heterocycles. The fourth-order valence-electron chi connectivity index (χ4n) is 1.61. The zero-order valence-electron chi connectivity index (χ0n) is 9.95. The molecule has 0 atom stereocenters. The largest absolute Gasteiger partial charge is 0.323 e. The second-order valence-electron chi connectivity index (χ2n) is 3.84. The fourth-order valence-corrected chi connectivity index (χ4v) is 1.61. The molecule has 17 heavy (non-hydrogen) atoms. The molecule has 0 aliphatic rings. The summed E-state index contributed by atoms with van der Waals surface area (Å²) in [6.07, 6.45) is 0.457. The molecule has 1 amide bonds. The number of aromatic amines is 1. The average molecular weight is 229 g/mol. The number of hydrogen-bond acceptors (Lipinski definition) is 2. The third-order valence-corrected chi connectivity index (χ3v) is 2.58. The third kappa shape index (κ3) is 2.36. The molecule has 0 aliphatic carbocycles. The number of hydrogen-bond donors (Lipinski definition) is 2. The van der Waals surface area contributed by atoms with Crippen LogP contribution in [0.4, 0.5) is 5.69 Å². The van der Waals surface area contributed by atoms with Crippen LogP contribution in [-0.2, 0) is 4.79 Å². The molecule has 2 rings (SSSR count). The summed E-state index contributed by atoms with van der Waals surface area (Å²) >= 11 is 0. The first-order chi connectivity index (χ1) is 8.22. The van der Waals surface area contributed by atoms with Crippen LogP contribution in [0.3, 0.4) is 0 Å². The lowest BCUT2D eigenvalue weighted by Crippen LogP contribution is -2.10. The Balaban J connectivity index is 2.39. The van der Waals surface area contributed by atoms with Crippen molar-refractivity contribution in [3.63, 3.8) is 0 Å². The minimum absolute atomic E-state index is 0.00770. The zero-order chi connectivity index (χ0) is 12.3. The van der Waals surface area contributed by atoms with Crippen LogP contribution in [0.2, 0.25) is 0 Å². The van der Waals surface area contributed by atoms with Gasteiger partial charge in [-0.1, -0.05) is 37.3 Å². The van der Waals surface area contributed by atoms with Crippen LogP contribution in [-0.4, -0.2) is 16.1 Å². The van der Waals surface area contributed by atoms with Crippen molar-refractivity contribution in [3.8, 4) is 11.3 Å². The molecule has 88 valence electrons.